The Labute approximate surface area is 62.0 Å². The van der Waals surface area contributed by atoms with Crippen LogP contribution in [0.2, 0.25) is 0 Å². The molecule has 0 aromatic rings. The van der Waals surface area contributed by atoms with Crippen LogP contribution in [0.4, 0.5) is 0 Å². The zero-order chi connectivity index (χ0) is 7.61. The highest BCUT2D eigenvalue weighted by Crippen LogP contribution is 2.14. The second-order valence-electron chi connectivity index (χ2n) is 3.39. The lowest BCUT2D eigenvalue weighted by atomic mass is 10.0. The summed E-state index contributed by atoms with van der Waals surface area (Å²) in [4.78, 5) is 2.02. The molecule has 10 heavy (non-hydrogen) atoms. The normalized spacial score (nSPS) is 33.6. The highest BCUT2D eigenvalue weighted by Gasteiger charge is 2.30. The summed E-state index contributed by atoms with van der Waals surface area (Å²) in [6.07, 6.45) is 0.880. The molecule has 0 unspecified atom stereocenters. The molecule has 3 heteroatoms. The predicted octanol–water partition coefficient (Wildman–Crippen LogP) is -0.728. The van der Waals surface area contributed by atoms with Crippen LogP contribution in [0, 0.1) is 0 Å². The van der Waals surface area contributed by atoms with E-state index in [-0.39, 0.29) is 0 Å². The van der Waals surface area contributed by atoms with E-state index in [1.54, 1.807) is 0 Å². The standard InChI is InChI=1S/C7H16N2O/c1-9(2)6-7(10)3-4-8-5-7/h8,10H,3-6H2,1-2H3/t7-/m1/s1. The van der Waals surface area contributed by atoms with Gasteiger partial charge in [-0.15, -0.1) is 0 Å². The minimum atomic E-state index is -0.469. The zero-order valence-corrected chi connectivity index (χ0v) is 6.72. The van der Waals surface area contributed by atoms with Crippen molar-refractivity contribution in [2.24, 2.45) is 0 Å². The molecule has 0 aromatic carbocycles. The minimum Gasteiger partial charge on any atom is -0.387 e. The summed E-state index contributed by atoms with van der Waals surface area (Å²) in [5.74, 6) is 0. The summed E-state index contributed by atoms with van der Waals surface area (Å²) in [6, 6.07) is 0. The van der Waals surface area contributed by atoms with Gasteiger partial charge in [0.1, 0.15) is 0 Å². The highest BCUT2D eigenvalue weighted by molar-refractivity contribution is 4.89. The van der Waals surface area contributed by atoms with Crippen LogP contribution < -0.4 is 5.32 Å². The lowest BCUT2D eigenvalue weighted by Gasteiger charge is -2.24. The van der Waals surface area contributed by atoms with Crippen LogP contribution in [-0.2, 0) is 0 Å². The van der Waals surface area contributed by atoms with Gasteiger partial charge in [-0.05, 0) is 27.1 Å². The number of hydrogen-bond acceptors (Lipinski definition) is 3. The SMILES string of the molecule is CN(C)C[C@@]1(O)CCNC1. The number of aliphatic hydroxyl groups is 1. The molecule has 0 bridgehead atoms. The van der Waals surface area contributed by atoms with E-state index < -0.39 is 5.60 Å². The second kappa shape index (κ2) is 2.86. The van der Waals surface area contributed by atoms with Gasteiger partial charge in [0.05, 0.1) is 5.60 Å². The van der Waals surface area contributed by atoms with E-state index in [9.17, 15) is 5.11 Å². The van der Waals surface area contributed by atoms with Gasteiger partial charge in [0.2, 0.25) is 0 Å². The molecule has 3 nitrogen and oxygen atoms in total. The van der Waals surface area contributed by atoms with Gasteiger partial charge in [-0.3, -0.25) is 0 Å². The van der Waals surface area contributed by atoms with Crippen molar-refractivity contribution in [3.05, 3.63) is 0 Å². The average Bonchev–Trinajstić information content (AvgIpc) is 2.12. The third-order valence-corrected chi connectivity index (χ3v) is 1.83. The molecule has 1 atom stereocenters. The summed E-state index contributed by atoms with van der Waals surface area (Å²) < 4.78 is 0. The van der Waals surface area contributed by atoms with Crippen LogP contribution in [0.15, 0.2) is 0 Å². The van der Waals surface area contributed by atoms with E-state index in [1.165, 1.54) is 0 Å². The number of hydrogen-bond donors (Lipinski definition) is 2. The molecule has 1 fully saturated rings. The highest BCUT2D eigenvalue weighted by atomic mass is 16.3. The first-order chi connectivity index (χ1) is 4.62. The summed E-state index contributed by atoms with van der Waals surface area (Å²) >= 11 is 0. The number of likely N-dealkylation sites (N-methyl/N-ethyl adjacent to an activating group) is 1. The fourth-order valence-corrected chi connectivity index (χ4v) is 1.45. The van der Waals surface area contributed by atoms with Gasteiger partial charge in [-0.25, -0.2) is 0 Å². The molecule has 0 saturated carbocycles. The van der Waals surface area contributed by atoms with E-state index >= 15 is 0 Å². The molecule has 1 aliphatic rings. The molecule has 2 N–H and O–H groups in total. The summed E-state index contributed by atoms with van der Waals surface area (Å²) in [6.45, 7) is 2.45. The van der Waals surface area contributed by atoms with Crippen LogP contribution in [0.3, 0.4) is 0 Å². The lowest BCUT2D eigenvalue weighted by molar-refractivity contribution is 0.0349. The largest absolute Gasteiger partial charge is 0.387 e. The molecule has 1 rings (SSSR count). The topological polar surface area (TPSA) is 35.5 Å². The Morgan fingerprint density at radius 2 is 2.30 bits per heavy atom. The summed E-state index contributed by atoms with van der Waals surface area (Å²) in [5.41, 5.74) is -0.469. The van der Waals surface area contributed by atoms with Crippen molar-refractivity contribution in [3.8, 4) is 0 Å². The van der Waals surface area contributed by atoms with Gasteiger partial charge >= 0.3 is 0 Å². The van der Waals surface area contributed by atoms with Gasteiger partial charge in [0.25, 0.3) is 0 Å². The Bertz CT molecular complexity index is 108. The monoisotopic (exact) mass is 144 g/mol. The Morgan fingerprint density at radius 3 is 2.70 bits per heavy atom. The zero-order valence-electron chi connectivity index (χ0n) is 6.72. The van der Waals surface area contributed by atoms with Crippen molar-refractivity contribution in [2.45, 2.75) is 12.0 Å². The molecule has 1 saturated heterocycles. The molecule has 1 heterocycles. The summed E-state index contributed by atoms with van der Waals surface area (Å²) in [7, 11) is 3.96. The maximum Gasteiger partial charge on any atom is 0.0909 e. The van der Waals surface area contributed by atoms with Crippen molar-refractivity contribution in [1.82, 2.24) is 10.2 Å². The molecule has 60 valence electrons. The molecule has 0 radical (unpaired) electrons. The van der Waals surface area contributed by atoms with E-state index in [1.807, 2.05) is 19.0 Å². The van der Waals surface area contributed by atoms with Gasteiger partial charge in [0.15, 0.2) is 0 Å². The van der Waals surface area contributed by atoms with E-state index in [4.69, 9.17) is 0 Å². The van der Waals surface area contributed by atoms with Gasteiger partial charge in [0, 0.05) is 13.1 Å². The Hall–Kier alpha value is -0.120. The number of rotatable bonds is 2. The molecular formula is C7H16N2O. The van der Waals surface area contributed by atoms with Crippen LogP contribution in [0.5, 0.6) is 0 Å². The van der Waals surface area contributed by atoms with Crippen molar-refractivity contribution in [1.29, 1.82) is 0 Å². The third kappa shape index (κ3) is 1.94. The van der Waals surface area contributed by atoms with E-state index in [0.717, 1.165) is 26.1 Å². The van der Waals surface area contributed by atoms with Gasteiger partial charge in [-0.2, -0.15) is 0 Å². The Kier molecular flexibility index (Phi) is 2.28. The first-order valence-corrected chi connectivity index (χ1v) is 3.70. The molecule has 0 amide bonds. The maximum atomic E-state index is 9.76. The maximum absolute atomic E-state index is 9.76. The van der Waals surface area contributed by atoms with Crippen molar-refractivity contribution < 1.29 is 5.11 Å². The van der Waals surface area contributed by atoms with Crippen LogP contribution in [0.1, 0.15) is 6.42 Å². The first kappa shape index (κ1) is 7.98. The fourth-order valence-electron chi connectivity index (χ4n) is 1.45. The van der Waals surface area contributed by atoms with Crippen molar-refractivity contribution in [2.75, 3.05) is 33.7 Å². The Balaban J connectivity index is 2.36. The fraction of sp³-hybridized carbons (Fsp3) is 1.00. The number of nitrogens with zero attached hydrogens (tertiary/aromatic N) is 1. The minimum absolute atomic E-state index is 0.469. The third-order valence-electron chi connectivity index (χ3n) is 1.83. The van der Waals surface area contributed by atoms with Crippen LogP contribution >= 0.6 is 0 Å². The average molecular weight is 144 g/mol. The Morgan fingerprint density at radius 1 is 1.60 bits per heavy atom. The van der Waals surface area contributed by atoms with Gasteiger partial charge < -0.3 is 15.3 Å². The number of β-amino-alcohol motifs (C(OH)–C–C–N with tert-alkyl or cyclic N) is 1. The van der Waals surface area contributed by atoms with E-state index in [2.05, 4.69) is 5.32 Å². The van der Waals surface area contributed by atoms with Crippen LogP contribution in [0.25, 0.3) is 0 Å². The van der Waals surface area contributed by atoms with E-state index in [0.29, 0.717) is 0 Å². The van der Waals surface area contributed by atoms with Gasteiger partial charge in [-0.1, -0.05) is 0 Å². The second-order valence-corrected chi connectivity index (χ2v) is 3.39. The first-order valence-electron chi connectivity index (χ1n) is 3.70. The molecular weight excluding hydrogens is 128 g/mol. The summed E-state index contributed by atoms with van der Waals surface area (Å²) in [5, 5.41) is 12.9. The smallest absolute Gasteiger partial charge is 0.0909 e. The van der Waals surface area contributed by atoms with Crippen molar-refractivity contribution in [3.63, 3.8) is 0 Å². The quantitative estimate of drug-likeness (QED) is 0.536. The molecule has 0 aliphatic carbocycles. The molecule has 0 aromatic heterocycles. The van der Waals surface area contributed by atoms with Crippen molar-refractivity contribution >= 4 is 0 Å². The molecule has 1 aliphatic heterocycles. The predicted molar refractivity (Wildman–Crippen MR) is 41.0 cm³/mol. The van der Waals surface area contributed by atoms with Crippen LogP contribution in [-0.4, -0.2) is 49.3 Å². The lowest BCUT2D eigenvalue weighted by Crippen LogP contribution is -2.41. The molecule has 0 spiro atoms. The number of nitrogens with one attached hydrogen (secondary N) is 1.